The van der Waals surface area contributed by atoms with E-state index in [-0.39, 0.29) is 17.4 Å². The third kappa shape index (κ3) is 2.93. The number of hydrogen-bond acceptors (Lipinski definition) is 3. The first-order valence-corrected chi connectivity index (χ1v) is 11.6. The number of carbonyl (C=O) groups excluding carboxylic acids is 1. The summed E-state index contributed by atoms with van der Waals surface area (Å²) >= 11 is 0. The summed E-state index contributed by atoms with van der Waals surface area (Å²) in [5.74, 6) is -2.34. The monoisotopic (exact) mass is 408 g/mol. The fourth-order valence-electron chi connectivity index (χ4n) is 7.66. The quantitative estimate of drug-likeness (QED) is 0.446. The highest BCUT2D eigenvalue weighted by Crippen LogP contribution is 2.67. The van der Waals surface area contributed by atoms with Gasteiger partial charge in [0.2, 0.25) is 0 Å². The minimum absolute atomic E-state index is 0.197. The van der Waals surface area contributed by atoms with Crippen molar-refractivity contribution in [3.8, 4) is 0 Å². The normalized spacial score (nSPS) is 48.2. The molecule has 0 aromatic rings. The summed E-state index contributed by atoms with van der Waals surface area (Å²) in [6.45, 7) is 5.68. The van der Waals surface area contributed by atoms with E-state index in [1.807, 2.05) is 6.08 Å². The molecule has 0 aromatic heterocycles. The predicted molar refractivity (Wildman–Crippen MR) is 105 cm³/mol. The van der Waals surface area contributed by atoms with Crippen molar-refractivity contribution < 1.29 is 23.0 Å². The summed E-state index contributed by atoms with van der Waals surface area (Å²) in [7, 11) is 0. The Hall–Kier alpha value is -0.970. The summed E-state index contributed by atoms with van der Waals surface area (Å²) in [6.07, 6.45) is 9.77. The second-order valence-corrected chi connectivity index (χ2v) is 10.9. The Kier molecular flexibility index (Phi) is 4.48. The van der Waals surface area contributed by atoms with Gasteiger partial charge >= 0.3 is 11.9 Å². The highest BCUT2D eigenvalue weighted by molar-refractivity contribution is 5.66. The van der Waals surface area contributed by atoms with E-state index in [1.165, 1.54) is 26.2 Å². The van der Waals surface area contributed by atoms with Crippen LogP contribution in [0.2, 0.25) is 0 Å². The Bertz CT molecular complexity index is 730. The van der Waals surface area contributed by atoms with Gasteiger partial charge < -0.3 is 9.47 Å². The molecule has 0 saturated heterocycles. The van der Waals surface area contributed by atoms with Crippen LogP contribution in [0.5, 0.6) is 0 Å². The van der Waals surface area contributed by atoms with Crippen LogP contribution >= 0.6 is 0 Å². The maximum Gasteiger partial charge on any atom is 0.305 e. The molecule has 0 amide bonds. The molecule has 0 unspecified atom stereocenters. The van der Waals surface area contributed by atoms with Crippen molar-refractivity contribution in [2.45, 2.75) is 103 Å². The van der Waals surface area contributed by atoms with Gasteiger partial charge in [-0.1, -0.05) is 19.9 Å². The molecule has 4 fully saturated rings. The van der Waals surface area contributed by atoms with Crippen LogP contribution in [0.25, 0.3) is 0 Å². The SMILES string of the molecule is CC(=O)O[C@H]1CC[C@@]2(C)C(=CC[C@H]3[C@@H]4CC[C@H](OC5CC5)[C@@]4(C)CC[C@@H]32)C1(F)F. The Balaban J connectivity index is 1.42. The smallest absolute Gasteiger partial charge is 0.305 e. The zero-order chi connectivity index (χ0) is 20.6. The number of allylic oxidation sites excluding steroid dienone is 1. The second kappa shape index (κ2) is 6.51. The predicted octanol–water partition coefficient (Wildman–Crippen LogP) is 5.67. The van der Waals surface area contributed by atoms with Gasteiger partial charge in [-0.25, -0.2) is 0 Å². The van der Waals surface area contributed by atoms with Gasteiger partial charge in [0.1, 0.15) is 0 Å². The molecule has 5 heteroatoms. The Morgan fingerprint density at radius 2 is 1.76 bits per heavy atom. The Morgan fingerprint density at radius 1 is 1.00 bits per heavy atom. The first-order valence-electron chi connectivity index (χ1n) is 11.6. The summed E-state index contributed by atoms with van der Waals surface area (Å²) in [5.41, 5.74) is -0.0425. The van der Waals surface area contributed by atoms with Gasteiger partial charge in [0, 0.05) is 12.5 Å². The Morgan fingerprint density at radius 3 is 2.45 bits per heavy atom. The van der Waals surface area contributed by atoms with Crippen LogP contribution in [0, 0.1) is 28.6 Å². The van der Waals surface area contributed by atoms with Gasteiger partial charge in [-0.05, 0) is 86.4 Å². The number of rotatable bonds is 3. The van der Waals surface area contributed by atoms with Crippen molar-refractivity contribution in [3.05, 3.63) is 11.6 Å². The molecular weight excluding hydrogens is 374 g/mol. The first-order chi connectivity index (χ1) is 13.7. The summed E-state index contributed by atoms with van der Waals surface area (Å²) in [4.78, 5) is 11.4. The number of hydrogen-bond donors (Lipinski definition) is 0. The van der Waals surface area contributed by atoms with Crippen LogP contribution in [0.4, 0.5) is 8.78 Å². The first kappa shape index (κ1) is 20.0. The summed E-state index contributed by atoms with van der Waals surface area (Å²) in [6, 6.07) is 0. The van der Waals surface area contributed by atoms with Gasteiger partial charge in [0.05, 0.1) is 12.2 Å². The van der Waals surface area contributed by atoms with E-state index in [0.29, 0.717) is 36.4 Å². The van der Waals surface area contributed by atoms with Crippen LogP contribution in [0.15, 0.2) is 11.6 Å². The third-order valence-electron chi connectivity index (χ3n) is 9.26. The number of carbonyl (C=O) groups is 1. The van der Waals surface area contributed by atoms with E-state index in [1.54, 1.807) is 0 Å². The zero-order valence-electron chi connectivity index (χ0n) is 17.9. The van der Waals surface area contributed by atoms with Crippen molar-refractivity contribution >= 4 is 5.97 Å². The average molecular weight is 409 g/mol. The molecule has 0 N–H and O–H groups in total. The Labute approximate surface area is 172 Å². The van der Waals surface area contributed by atoms with Gasteiger partial charge in [0.15, 0.2) is 6.10 Å². The summed E-state index contributed by atoms with van der Waals surface area (Å²) in [5, 5.41) is 0. The van der Waals surface area contributed by atoms with Crippen LogP contribution in [-0.2, 0) is 14.3 Å². The van der Waals surface area contributed by atoms with Crippen LogP contribution in [-0.4, -0.2) is 30.2 Å². The van der Waals surface area contributed by atoms with Crippen LogP contribution in [0.3, 0.4) is 0 Å². The lowest BCUT2D eigenvalue weighted by molar-refractivity contribution is -0.181. The van der Waals surface area contributed by atoms with E-state index in [9.17, 15) is 4.79 Å². The standard InChI is InChI=1S/C24H34F2O3/c1-14(27)28-21-11-13-22(2)18-10-12-23(3)17(7-9-20(23)29-15-4-5-15)16(18)6-8-19(22)24(21,25)26/h8,15-18,20-21H,4-7,9-13H2,1-3H3/t16-,17-,18-,20-,21-,22+,23-/m0/s1. The van der Waals surface area contributed by atoms with E-state index in [2.05, 4.69) is 13.8 Å². The highest BCUT2D eigenvalue weighted by Gasteiger charge is 2.64. The molecule has 3 nitrogen and oxygen atoms in total. The lowest BCUT2D eigenvalue weighted by atomic mass is 9.47. The van der Waals surface area contributed by atoms with Crippen molar-refractivity contribution in [3.63, 3.8) is 0 Å². The number of halogens is 2. The lowest BCUT2D eigenvalue weighted by Gasteiger charge is -2.59. The van der Waals surface area contributed by atoms with Crippen LogP contribution < -0.4 is 0 Å². The fourth-order valence-corrected chi connectivity index (χ4v) is 7.66. The van der Waals surface area contributed by atoms with Crippen molar-refractivity contribution in [1.82, 2.24) is 0 Å². The molecule has 0 aliphatic heterocycles. The largest absolute Gasteiger partial charge is 0.456 e. The van der Waals surface area contributed by atoms with E-state index in [4.69, 9.17) is 9.47 Å². The minimum atomic E-state index is -3.06. The van der Waals surface area contributed by atoms with Gasteiger partial charge in [0.25, 0.3) is 0 Å². The molecule has 0 bridgehead atoms. The van der Waals surface area contributed by atoms with E-state index >= 15 is 8.78 Å². The van der Waals surface area contributed by atoms with Crippen molar-refractivity contribution in [2.24, 2.45) is 28.6 Å². The van der Waals surface area contributed by atoms with Crippen LogP contribution in [0.1, 0.15) is 78.6 Å². The molecule has 0 aromatic carbocycles. The minimum Gasteiger partial charge on any atom is -0.456 e. The highest BCUT2D eigenvalue weighted by atomic mass is 19.3. The molecule has 0 spiro atoms. The maximum atomic E-state index is 15.4. The number of alkyl halides is 2. The molecular formula is C24H34F2O3. The number of fused-ring (bicyclic) bond motifs is 5. The number of ether oxygens (including phenoxy) is 2. The summed E-state index contributed by atoms with van der Waals surface area (Å²) < 4.78 is 42.2. The lowest BCUT2D eigenvalue weighted by Crippen LogP contribution is -2.56. The van der Waals surface area contributed by atoms with Crippen molar-refractivity contribution in [2.75, 3.05) is 0 Å². The second-order valence-electron chi connectivity index (χ2n) is 10.9. The zero-order valence-corrected chi connectivity index (χ0v) is 17.9. The molecule has 162 valence electrons. The molecule has 0 heterocycles. The van der Waals surface area contributed by atoms with E-state index < -0.39 is 23.4 Å². The number of esters is 1. The van der Waals surface area contributed by atoms with Gasteiger partial charge in [-0.15, -0.1) is 0 Å². The molecule has 4 saturated carbocycles. The third-order valence-corrected chi connectivity index (χ3v) is 9.26. The fraction of sp³-hybridized carbons (Fsp3) is 0.875. The topological polar surface area (TPSA) is 35.5 Å². The molecule has 0 radical (unpaired) electrons. The molecule has 7 atom stereocenters. The van der Waals surface area contributed by atoms with Gasteiger partial charge in [-0.3, -0.25) is 4.79 Å². The average Bonchev–Trinajstić information content (AvgIpc) is 3.39. The molecule has 29 heavy (non-hydrogen) atoms. The van der Waals surface area contributed by atoms with E-state index in [0.717, 1.165) is 25.7 Å². The molecule has 5 rings (SSSR count). The maximum absolute atomic E-state index is 15.4. The van der Waals surface area contributed by atoms with Gasteiger partial charge in [-0.2, -0.15) is 8.78 Å². The van der Waals surface area contributed by atoms with Crippen molar-refractivity contribution in [1.29, 1.82) is 0 Å². The molecule has 5 aliphatic carbocycles. The molecule has 5 aliphatic rings.